The first-order valence-corrected chi connectivity index (χ1v) is 12.8. The van der Waals surface area contributed by atoms with Crippen molar-refractivity contribution < 1.29 is 32.2 Å². The number of ether oxygens (including phenoxy) is 3. The fourth-order valence-corrected chi connectivity index (χ4v) is 6.19. The van der Waals surface area contributed by atoms with Gasteiger partial charge in [-0.25, -0.2) is 8.42 Å². The zero-order valence-electron chi connectivity index (χ0n) is 18.8. The largest absolute Gasteiger partial charge is 0.495 e. The molecule has 34 heavy (non-hydrogen) atoms. The smallest absolute Gasteiger partial charge is 0.265 e. The SMILES string of the molecule is COc1ccc(CN2C(=O)[C@H]3CCCC[C@H]3C2=O)cc1S(=O)(=O)Nc1ccc2c(c1)OCCO2. The molecule has 0 bridgehead atoms. The Labute approximate surface area is 198 Å². The monoisotopic (exact) mass is 486 g/mol. The average molecular weight is 487 g/mol. The highest BCUT2D eigenvalue weighted by atomic mass is 32.2. The molecule has 0 aromatic heterocycles. The molecule has 180 valence electrons. The summed E-state index contributed by atoms with van der Waals surface area (Å²) >= 11 is 0. The zero-order valence-corrected chi connectivity index (χ0v) is 19.6. The lowest BCUT2D eigenvalue weighted by Crippen LogP contribution is -2.30. The highest BCUT2D eigenvalue weighted by Gasteiger charge is 2.47. The third kappa shape index (κ3) is 4.06. The van der Waals surface area contributed by atoms with Gasteiger partial charge >= 0.3 is 0 Å². The van der Waals surface area contributed by atoms with E-state index in [1.807, 2.05) is 0 Å². The molecule has 0 radical (unpaired) electrons. The predicted molar refractivity (Wildman–Crippen MR) is 122 cm³/mol. The van der Waals surface area contributed by atoms with Crippen molar-refractivity contribution >= 4 is 27.5 Å². The number of rotatable bonds is 6. The lowest BCUT2D eigenvalue weighted by molar-refractivity contribution is -0.140. The number of methoxy groups -OCH3 is 1. The molecular weight excluding hydrogens is 460 g/mol. The molecule has 0 unspecified atom stereocenters. The number of nitrogens with zero attached hydrogens (tertiary/aromatic N) is 1. The highest BCUT2D eigenvalue weighted by molar-refractivity contribution is 7.92. The van der Waals surface area contributed by atoms with Gasteiger partial charge in [0.05, 0.1) is 31.2 Å². The molecule has 1 saturated heterocycles. The van der Waals surface area contributed by atoms with Gasteiger partial charge in [0.15, 0.2) is 11.5 Å². The van der Waals surface area contributed by atoms with Gasteiger partial charge in [-0.1, -0.05) is 18.9 Å². The molecule has 1 N–H and O–H groups in total. The van der Waals surface area contributed by atoms with Gasteiger partial charge in [-0.2, -0.15) is 0 Å². The van der Waals surface area contributed by atoms with E-state index in [9.17, 15) is 18.0 Å². The molecule has 1 saturated carbocycles. The zero-order chi connectivity index (χ0) is 23.9. The standard InChI is InChI=1S/C24H26N2O7S/c1-31-20-8-6-15(14-26-23(27)17-4-2-3-5-18(17)24(26)28)12-22(20)34(29,30)25-16-7-9-19-21(13-16)33-11-10-32-19/h6-9,12-13,17-18,25H,2-5,10-11,14H2,1H3/t17-,18+. The third-order valence-electron chi connectivity index (χ3n) is 6.59. The normalized spacial score (nSPS) is 21.9. The maximum atomic E-state index is 13.3. The molecule has 3 aliphatic rings. The first kappa shape index (κ1) is 22.5. The van der Waals surface area contributed by atoms with E-state index in [0.717, 1.165) is 25.7 Å². The van der Waals surface area contributed by atoms with Crippen molar-refractivity contribution in [3.8, 4) is 17.2 Å². The number of nitrogens with one attached hydrogen (secondary N) is 1. The highest BCUT2D eigenvalue weighted by Crippen LogP contribution is 2.39. The molecule has 0 spiro atoms. The number of imide groups is 1. The van der Waals surface area contributed by atoms with Crippen LogP contribution in [-0.4, -0.2) is 45.5 Å². The Morgan fingerprint density at radius 3 is 2.32 bits per heavy atom. The van der Waals surface area contributed by atoms with Gasteiger partial charge in [0.2, 0.25) is 11.8 Å². The van der Waals surface area contributed by atoms with E-state index < -0.39 is 10.0 Å². The summed E-state index contributed by atoms with van der Waals surface area (Å²) in [4.78, 5) is 26.9. The van der Waals surface area contributed by atoms with Gasteiger partial charge in [0.25, 0.3) is 10.0 Å². The van der Waals surface area contributed by atoms with Crippen LogP contribution in [0.3, 0.4) is 0 Å². The van der Waals surface area contributed by atoms with E-state index in [1.54, 1.807) is 24.3 Å². The number of amides is 2. The fraction of sp³-hybridized carbons (Fsp3) is 0.417. The number of fused-ring (bicyclic) bond motifs is 2. The lowest BCUT2D eigenvalue weighted by Gasteiger charge is -2.20. The first-order chi connectivity index (χ1) is 16.4. The Morgan fingerprint density at radius 2 is 1.65 bits per heavy atom. The van der Waals surface area contributed by atoms with Crippen LogP contribution in [0.2, 0.25) is 0 Å². The number of hydrogen-bond acceptors (Lipinski definition) is 7. The van der Waals surface area contributed by atoms with Crippen LogP contribution in [0.15, 0.2) is 41.3 Å². The van der Waals surface area contributed by atoms with E-state index in [-0.39, 0.29) is 40.8 Å². The summed E-state index contributed by atoms with van der Waals surface area (Å²) in [5.41, 5.74) is 0.842. The second-order valence-electron chi connectivity index (χ2n) is 8.71. The van der Waals surface area contributed by atoms with Crippen LogP contribution in [0.4, 0.5) is 5.69 Å². The first-order valence-electron chi connectivity index (χ1n) is 11.3. The molecule has 9 nitrogen and oxygen atoms in total. The Hall–Kier alpha value is -3.27. The van der Waals surface area contributed by atoms with Gasteiger partial charge in [-0.05, 0) is 42.7 Å². The molecule has 2 aromatic carbocycles. The average Bonchev–Trinajstić information content (AvgIpc) is 3.08. The van der Waals surface area contributed by atoms with Crippen molar-refractivity contribution in [1.29, 1.82) is 0 Å². The molecule has 2 aromatic rings. The quantitative estimate of drug-likeness (QED) is 0.625. The van der Waals surface area contributed by atoms with Gasteiger partial charge in [-0.15, -0.1) is 0 Å². The minimum atomic E-state index is -4.05. The molecule has 2 fully saturated rings. The molecule has 2 amide bonds. The summed E-state index contributed by atoms with van der Waals surface area (Å²) < 4.78 is 45.4. The fourth-order valence-electron chi connectivity index (χ4n) is 4.92. The second kappa shape index (κ2) is 8.83. The number of sulfonamides is 1. The molecule has 1 aliphatic carbocycles. The second-order valence-corrected chi connectivity index (χ2v) is 10.4. The lowest BCUT2D eigenvalue weighted by atomic mass is 9.81. The number of benzene rings is 2. The van der Waals surface area contributed by atoms with E-state index in [1.165, 1.54) is 24.1 Å². The van der Waals surface area contributed by atoms with Gasteiger partial charge < -0.3 is 14.2 Å². The van der Waals surface area contributed by atoms with Crippen LogP contribution >= 0.6 is 0 Å². The summed E-state index contributed by atoms with van der Waals surface area (Å²) in [6, 6.07) is 9.44. The van der Waals surface area contributed by atoms with E-state index >= 15 is 0 Å². The molecule has 10 heteroatoms. The van der Waals surface area contributed by atoms with Gasteiger partial charge in [0, 0.05) is 6.07 Å². The maximum absolute atomic E-state index is 13.3. The minimum Gasteiger partial charge on any atom is -0.495 e. The minimum absolute atomic E-state index is 0.0290. The molecule has 2 heterocycles. The van der Waals surface area contributed by atoms with Crippen LogP contribution in [-0.2, 0) is 26.2 Å². The van der Waals surface area contributed by atoms with Crippen molar-refractivity contribution in [1.82, 2.24) is 4.90 Å². The third-order valence-corrected chi connectivity index (χ3v) is 7.99. The molecule has 5 rings (SSSR count). The van der Waals surface area contributed by atoms with Crippen LogP contribution < -0.4 is 18.9 Å². The van der Waals surface area contributed by atoms with Crippen LogP contribution in [0, 0.1) is 11.8 Å². The summed E-state index contributed by atoms with van der Waals surface area (Å²) in [5.74, 6) is 0.336. The number of hydrogen-bond donors (Lipinski definition) is 1. The van der Waals surface area contributed by atoms with Crippen LogP contribution in [0.25, 0.3) is 0 Å². The van der Waals surface area contributed by atoms with Crippen molar-refractivity contribution in [3.63, 3.8) is 0 Å². The van der Waals surface area contributed by atoms with Crippen molar-refractivity contribution in [2.24, 2.45) is 11.8 Å². The number of carbonyl (C=O) groups excluding carboxylic acids is 2. The molecule has 2 aliphatic heterocycles. The summed E-state index contributed by atoms with van der Waals surface area (Å²) in [5, 5.41) is 0. The molecule has 2 atom stereocenters. The molecular formula is C24H26N2O7S. The summed E-state index contributed by atoms with van der Waals surface area (Å²) in [7, 11) is -2.66. The van der Waals surface area contributed by atoms with Crippen molar-refractivity contribution in [2.75, 3.05) is 25.0 Å². The summed E-state index contributed by atoms with van der Waals surface area (Å²) in [6.07, 6.45) is 3.36. The maximum Gasteiger partial charge on any atom is 0.265 e. The Bertz CT molecular complexity index is 1220. The van der Waals surface area contributed by atoms with Crippen LogP contribution in [0.5, 0.6) is 17.2 Å². The Kier molecular flexibility index (Phi) is 5.85. The number of likely N-dealkylation sites (tertiary alicyclic amines) is 1. The topological polar surface area (TPSA) is 111 Å². The Morgan fingerprint density at radius 1 is 0.971 bits per heavy atom. The van der Waals surface area contributed by atoms with Gasteiger partial charge in [0.1, 0.15) is 23.9 Å². The van der Waals surface area contributed by atoms with Gasteiger partial charge in [-0.3, -0.25) is 19.2 Å². The number of anilines is 1. The van der Waals surface area contributed by atoms with E-state index in [0.29, 0.717) is 36.0 Å². The number of carbonyl (C=O) groups is 2. The van der Waals surface area contributed by atoms with Crippen molar-refractivity contribution in [3.05, 3.63) is 42.0 Å². The summed E-state index contributed by atoms with van der Waals surface area (Å²) in [6.45, 7) is 0.849. The van der Waals surface area contributed by atoms with Crippen LogP contribution in [0.1, 0.15) is 31.2 Å². The van der Waals surface area contributed by atoms with E-state index in [4.69, 9.17) is 14.2 Å². The van der Waals surface area contributed by atoms with E-state index in [2.05, 4.69) is 4.72 Å². The predicted octanol–water partition coefficient (Wildman–Crippen LogP) is 2.94. The van der Waals surface area contributed by atoms with Crippen molar-refractivity contribution in [2.45, 2.75) is 37.1 Å². The Balaban J connectivity index is 1.40.